The molecular weight excluding hydrogens is 394 g/mol. The van der Waals surface area contributed by atoms with E-state index in [0.29, 0.717) is 33.3 Å². The molecular formula is C21H14ClN3O2S. The van der Waals surface area contributed by atoms with Crippen molar-refractivity contribution in [3.63, 3.8) is 0 Å². The number of carbonyl (C=O) groups excluding carboxylic acids is 1. The number of rotatable bonds is 3. The number of halogens is 1. The summed E-state index contributed by atoms with van der Waals surface area (Å²) in [6, 6.07) is 21.6. The van der Waals surface area contributed by atoms with E-state index in [1.165, 1.54) is 0 Å². The maximum Gasteiger partial charge on any atom is 0.257 e. The van der Waals surface area contributed by atoms with Gasteiger partial charge in [-0.3, -0.25) is 10.1 Å². The maximum atomic E-state index is 12.2. The lowest BCUT2D eigenvalue weighted by molar-refractivity contribution is 0.0977. The third kappa shape index (κ3) is 3.88. The minimum atomic E-state index is -0.286. The average Bonchev–Trinajstić information content (AvgIpc) is 3.14. The van der Waals surface area contributed by atoms with Crippen LogP contribution in [0.2, 0.25) is 5.02 Å². The second-order valence-electron chi connectivity index (χ2n) is 5.96. The number of nitrogens with zero attached hydrogens (tertiary/aromatic N) is 1. The summed E-state index contributed by atoms with van der Waals surface area (Å²) in [6.45, 7) is 0. The minimum Gasteiger partial charge on any atom is -0.436 e. The normalized spacial score (nSPS) is 10.6. The van der Waals surface area contributed by atoms with Crippen LogP contribution >= 0.6 is 23.8 Å². The van der Waals surface area contributed by atoms with Crippen molar-refractivity contribution >= 4 is 51.6 Å². The lowest BCUT2D eigenvalue weighted by Crippen LogP contribution is -2.34. The van der Waals surface area contributed by atoms with Crippen LogP contribution in [0.15, 0.2) is 77.2 Å². The van der Waals surface area contributed by atoms with Gasteiger partial charge in [0.15, 0.2) is 10.7 Å². The Hall–Kier alpha value is -3.22. The predicted molar refractivity (Wildman–Crippen MR) is 115 cm³/mol. The molecule has 0 saturated carbocycles. The van der Waals surface area contributed by atoms with Gasteiger partial charge in [0.1, 0.15) is 5.52 Å². The Morgan fingerprint density at radius 1 is 1.00 bits per heavy atom. The molecule has 1 amide bonds. The van der Waals surface area contributed by atoms with E-state index in [0.717, 1.165) is 5.52 Å². The molecule has 3 aromatic carbocycles. The van der Waals surface area contributed by atoms with E-state index in [1.54, 1.807) is 42.5 Å². The molecule has 0 bridgehead atoms. The summed E-state index contributed by atoms with van der Waals surface area (Å²) < 4.78 is 5.79. The number of nitrogens with one attached hydrogen (secondary N) is 2. The summed E-state index contributed by atoms with van der Waals surface area (Å²) in [6.07, 6.45) is 0. The molecule has 7 heteroatoms. The van der Waals surface area contributed by atoms with Crippen molar-refractivity contribution in [2.24, 2.45) is 0 Å². The van der Waals surface area contributed by atoms with Crippen LogP contribution < -0.4 is 10.6 Å². The fraction of sp³-hybridized carbons (Fsp3) is 0. The van der Waals surface area contributed by atoms with Gasteiger partial charge in [-0.05, 0) is 54.7 Å². The fourth-order valence-electron chi connectivity index (χ4n) is 2.68. The number of hydrogen-bond acceptors (Lipinski definition) is 4. The minimum absolute atomic E-state index is 0.180. The summed E-state index contributed by atoms with van der Waals surface area (Å²) >= 11 is 11.6. The van der Waals surface area contributed by atoms with Crippen molar-refractivity contribution in [1.82, 2.24) is 10.3 Å². The first-order valence-corrected chi connectivity index (χ1v) is 9.21. The van der Waals surface area contributed by atoms with Gasteiger partial charge in [0.25, 0.3) is 5.91 Å². The number of hydrogen-bond donors (Lipinski definition) is 2. The van der Waals surface area contributed by atoms with Gasteiger partial charge in [-0.1, -0.05) is 41.9 Å². The molecule has 0 aliphatic carbocycles. The number of para-hydroxylation sites is 2. The van der Waals surface area contributed by atoms with Gasteiger partial charge in [0.2, 0.25) is 5.89 Å². The molecule has 2 N–H and O–H groups in total. The highest BCUT2D eigenvalue weighted by Gasteiger charge is 2.13. The van der Waals surface area contributed by atoms with E-state index in [1.807, 2.05) is 30.3 Å². The van der Waals surface area contributed by atoms with Crippen molar-refractivity contribution in [3.8, 4) is 11.5 Å². The Morgan fingerprint density at radius 2 is 1.75 bits per heavy atom. The molecule has 0 aliphatic heterocycles. The van der Waals surface area contributed by atoms with Crippen molar-refractivity contribution in [2.45, 2.75) is 0 Å². The molecule has 0 fully saturated rings. The molecule has 0 spiro atoms. The number of fused-ring (bicyclic) bond motifs is 1. The SMILES string of the molecule is O=C(NC(=S)Nc1ccc(Cl)c(-c2nc3ccccc3o2)c1)c1ccccc1. The molecule has 28 heavy (non-hydrogen) atoms. The zero-order chi connectivity index (χ0) is 19.5. The monoisotopic (exact) mass is 407 g/mol. The maximum absolute atomic E-state index is 12.2. The Kier molecular flexibility index (Phi) is 5.06. The lowest BCUT2D eigenvalue weighted by atomic mass is 10.2. The Balaban J connectivity index is 1.53. The zero-order valence-electron chi connectivity index (χ0n) is 14.5. The number of carbonyl (C=O) groups is 1. The fourth-order valence-corrected chi connectivity index (χ4v) is 3.09. The van der Waals surface area contributed by atoms with Gasteiger partial charge < -0.3 is 9.73 Å². The molecule has 0 aliphatic rings. The number of anilines is 1. The van der Waals surface area contributed by atoms with E-state index >= 15 is 0 Å². The van der Waals surface area contributed by atoms with Gasteiger partial charge >= 0.3 is 0 Å². The zero-order valence-corrected chi connectivity index (χ0v) is 16.1. The summed E-state index contributed by atoms with van der Waals surface area (Å²) in [5.74, 6) is 0.125. The standard InChI is InChI=1S/C21H14ClN3O2S/c22-16-11-10-14(23-21(28)25-19(26)13-6-2-1-3-7-13)12-15(16)20-24-17-8-4-5-9-18(17)27-20/h1-12H,(H2,23,25,26,28). The number of aromatic nitrogens is 1. The first-order chi connectivity index (χ1) is 13.6. The molecule has 4 aromatic rings. The van der Waals surface area contributed by atoms with Gasteiger partial charge in [0.05, 0.1) is 10.6 Å². The highest BCUT2D eigenvalue weighted by atomic mass is 35.5. The molecule has 4 rings (SSSR count). The van der Waals surface area contributed by atoms with Crippen LogP contribution in [-0.4, -0.2) is 16.0 Å². The quantitative estimate of drug-likeness (QED) is 0.452. The number of oxazole rings is 1. The predicted octanol–water partition coefficient (Wildman–Crippen LogP) is 5.28. The van der Waals surface area contributed by atoms with Gasteiger partial charge in [-0.15, -0.1) is 0 Å². The molecule has 5 nitrogen and oxygen atoms in total. The smallest absolute Gasteiger partial charge is 0.257 e. The van der Waals surface area contributed by atoms with Gasteiger partial charge in [-0.2, -0.15) is 0 Å². The second kappa shape index (κ2) is 7.80. The molecule has 0 saturated heterocycles. The van der Waals surface area contributed by atoms with Crippen LogP contribution in [0, 0.1) is 0 Å². The topological polar surface area (TPSA) is 67.2 Å². The Labute approximate surface area is 171 Å². The van der Waals surface area contributed by atoms with Gasteiger partial charge in [-0.25, -0.2) is 4.98 Å². The molecule has 1 aromatic heterocycles. The molecule has 1 heterocycles. The molecule has 0 radical (unpaired) electrons. The van der Waals surface area contributed by atoms with Crippen LogP contribution in [0.1, 0.15) is 10.4 Å². The first-order valence-electron chi connectivity index (χ1n) is 8.43. The summed E-state index contributed by atoms with van der Waals surface area (Å²) in [4.78, 5) is 16.7. The summed E-state index contributed by atoms with van der Waals surface area (Å²) in [7, 11) is 0. The van der Waals surface area contributed by atoms with E-state index in [2.05, 4.69) is 15.6 Å². The van der Waals surface area contributed by atoms with Crippen LogP contribution in [0.3, 0.4) is 0 Å². The average molecular weight is 408 g/mol. The highest BCUT2D eigenvalue weighted by molar-refractivity contribution is 7.80. The Morgan fingerprint density at radius 3 is 2.54 bits per heavy atom. The number of thiocarbonyl (C=S) groups is 1. The van der Waals surface area contributed by atoms with Crippen LogP contribution in [0.5, 0.6) is 0 Å². The Bertz CT molecular complexity index is 1140. The second-order valence-corrected chi connectivity index (χ2v) is 6.77. The largest absolute Gasteiger partial charge is 0.436 e. The molecule has 138 valence electrons. The first kappa shape index (κ1) is 18.2. The highest BCUT2D eigenvalue weighted by Crippen LogP contribution is 2.32. The summed E-state index contributed by atoms with van der Waals surface area (Å²) in [5.41, 5.74) is 3.23. The van der Waals surface area contributed by atoms with Crippen molar-refractivity contribution in [1.29, 1.82) is 0 Å². The van der Waals surface area contributed by atoms with E-state index in [4.69, 9.17) is 28.2 Å². The molecule has 0 atom stereocenters. The van der Waals surface area contributed by atoms with Crippen molar-refractivity contribution < 1.29 is 9.21 Å². The van der Waals surface area contributed by atoms with E-state index in [9.17, 15) is 4.79 Å². The third-order valence-electron chi connectivity index (χ3n) is 4.01. The van der Waals surface area contributed by atoms with E-state index < -0.39 is 0 Å². The third-order valence-corrected chi connectivity index (χ3v) is 4.55. The summed E-state index contributed by atoms with van der Waals surface area (Å²) in [5, 5.41) is 6.31. The van der Waals surface area contributed by atoms with Crippen LogP contribution in [0.25, 0.3) is 22.6 Å². The van der Waals surface area contributed by atoms with Crippen LogP contribution in [0.4, 0.5) is 5.69 Å². The molecule has 0 unspecified atom stereocenters. The van der Waals surface area contributed by atoms with Gasteiger partial charge in [0, 0.05) is 11.3 Å². The lowest BCUT2D eigenvalue weighted by Gasteiger charge is -2.11. The number of amides is 1. The van der Waals surface area contributed by atoms with Crippen molar-refractivity contribution in [3.05, 3.63) is 83.4 Å². The van der Waals surface area contributed by atoms with Crippen LogP contribution in [-0.2, 0) is 0 Å². The van der Waals surface area contributed by atoms with Crippen molar-refractivity contribution in [2.75, 3.05) is 5.32 Å². The van der Waals surface area contributed by atoms with E-state index in [-0.39, 0.29) is 11.0 Å². The number of benzene rings is 3.